The number of ether oxygens (including phenoxy) is 1. The summed E-state index contributed by atoms with van der Waals surface area (Å²) in [4.78, 5) is 11.1. The number of rotatable bonds is 4. The Balaban J connectivity index is 2.03. The molecule has 0 aliphatic heterocycles. The first-order chi connectivity index (χ1) is 5.97. The number of hydrogen-bond acceptors (Lipinski definition) is 3. The van der Waals surface area contributed by atoms with Gasteiger partial charge in [-0.25, -0.2) is 0 Å². The van der Waals surface area contributed by atoms with Gasteiger partial charge in [0.05, 0.1) is 13.2 Å². The molecule has 0 amide bonds. The van der Waals surface area contributed by atoms with Crippen LogP contribution in [0.2, 0.25) is 0 Å². The minimum Gasteiger partial charge on any atom is -0.464 e. The van der Waals surface area contributed by atoms with Crippen molar-refractivity contribution in [1.29, 1.82) is 0 Å². The second-order valence-electron chi connectivity index (χ2n) is 4.88. The molecule has 76 valence electrons. The second kappa shape index (κ2) is 4.09. The largest absolute Gasteiger partial charge is 0.464 e. The van der Waals surface area contributed by atoms with Crippen LogP contribution in [-0.2, 0) is 9.53 Å². The minimum atomic E-state index is -0.137. The van der Waals surface area contributed by atoms with Crippen molar-refractivity contribution in [2.45, 2.75) is 39.7 Å². The van der Waals surface area contributed by atoms with E-state index in [0.29, 0.717) is 19.2 Å². The summed E-state index contributed by atoms with van der Waals surface area (Å²) in [6.07, 6.45) is 2.40. The molecule has 0 aromatic heterocycles. The van der Waals surface area contributed by atoms with Crippen LogP contribution in [0, 0.1) is 5.41 Å². The van der Waals surface area contributed by atoms with Crippen LogP contribution in [0.3, 0.4) is 0 Å². The van der Waals surface area contributed by atoms with Gasteiger partial charge < -0.3 is 10.1 Å². The zero-order chi connectivity index (χ0) is 9.90. The highest BCUT2D eigenvalue weighted by atomic mass is 16.5. The Morgan fingerprint density at radius 2 is 2.08 bits per heavy atom. The van der Waals surface area contributed by atoms with Crippen LogP contribution in [0.5, 0.6) is 0 Å². The third-order valence-electron chi connectivity index (χ3n) is 1.78. The van der Waals surface area contributed by atoms with Gasteiger partial charge in [0.15, 0.2) is 0 Å². The van der Waals surface area contributed by atoms with Gasteiger partial charge in [-0.2, -0.15) is 0 Å². The standard InChI is InChI=1S/C10H19NO2/c1-10(2,3)7-13-9(12)6-11-8-4-5-8/h8,11H,4-7H2,1-3H3. The van der Waals surface area contributed by atoms with E-state index in [-0.39, 0.29) is 11.4 Å². The van der Waals surface area contributed by atoms with Crippen LogP contribution in [-0.4, -0.2) is 25.2 Å². The summed E-state index contributed by atoms with van der Waals surface area (Å²) < 4.78 is 5.08. The SMILES string of the molecule is CC(C)(C)COC(=O)CNC1CC1. The third kappa shape index (κ3) is 5.64. The van der Waals surface area contributed by atoms with Gasteiger partial charge in [0.25, 0.3) is 0 Å². The molecule has 1 aliphatic carbocycles. The van der Waals surface area contributed by atoms with Gasteiger partial charge in [-0.3, -0.25) is 4.79 Å². The van der Waals surface area contributed by atoms with Crippen molar-refractivity contribution in [2.24, 2.45) is 5.41 Å². The predicted molar refractivity (Wildman–Crippen MR) is 51.4 cm³/mol. The zero-order valence-electron chi connectivity index (χ0n) is 8.72. The molecular weight excluding hydrogens is 166 g/mol. The summed E-state index contributed by atoms with van der Waals surface area (Å²) in [6.45, 7) is 7.01. The number of carbonyl (C=O) groups is 1. The molecule has 0 aromatic rings. The molecule has 0 bridgehead atoms. The van der Waals surface area contributed by atoms with E-state index >= 15 is 0 Å². The van der Waals surface area contributed by atoms with Crippen LogP contribution in [0.15, 0.2) is 0 Å². The average molecular weight is 185 g/mol. The lowest BCUT2D eigenvalue weighted by atomic mass is 9.99. The Kier molecular flexibility index (Phi) is 3.31. The third-order valence-corrected chi connectivity index (χ3v) is 1.78. The summed E-state index contributed by atoms with van der Waals surface area (Å²) in [7, 11) is 0. The van der Waals surface area contributed by atoms with Crippen LogP contribution in [0.25, 0.3) is 0 Å². The minimum absolute atomic E-state index is 0.0647. The second-order valence-corrected chi connectivity index (χ2v) is 4.88. The van der Waals surface area contributed by atoms with Crippen molar-refractivity contribution < 1.29 is 9.53 Å². The van der Waals surface area contributed by atoms with E-state index < -0.39 is 0 Å². The van der Waals surface area contributed by atoms with Gasteiger partial charge in [0.2, 0.25) is 0 Å². The number of nitrogens with one attached hydrogen (secondary N) is 1. The van der Waals surface area contributed by atoms with Gasteiger partial charge in [-0.1, -0.05) is 20.8 Å². The fourth-order valence-electron chi connectivity index (χ4n) is 0.863. The molecule has 0 unspecified atom stereocenters. The Morgan fingerprint density at radius 1 is 1.46 bits per heavy atom. The molecule has 1 N–H and O–H groups in total. The van der Waals surface area contributed by atoms with Crippen molar-refractivity contribution in [3.8, 4) is 0 Å². The molecular formula is C10H19NO2. The van der Waals surface area contributed by atoms with E-state index in [0.717, 1.165) is 0 Å². The molecule has 1 fully saturated rings. The van der Waals surface area contributed by atoms with E-state index in [9.17, 15) is 4.79 Å². The van der Waals surface area contributed by atoms with Crippen LogP contribution >= 0.6 is 0 Å². The van der Waals surface area contributed by atoms with Crippen LogP contribution in [0.4, 0.5) is 0 Å². The first-order valence-corrected chi connectivity index (χ1v) is 4.86. The number of carbonyl (C=O) groups excluding carboxylic acids is 1. The van der Waals surface area contributed by atoms with Crippen molar-refractivity contribution in [1.82, 2.24) is 5.32 Å². The highest BCUT2D eigenvalue weighted by Crippen LogP contribution is 2.18. The Bertz CT molecular complexity index is 180. The molecule has 0 radical (unpaired) electrons. The molecule has 0 saturated heterocycles. The maximum Gasteiger partial charge on any atom is 0.319 e. The number of hydrogen-bond donors (Lipinski definition) is 1. The van der Waals surface area contributed by atoms with Gasteiger partial charge in [-0.15, -0.1) is 0 Å². The molecule has 1 saturated carbocycles. The lowest BCUT2D eigenvalue weighted by Gasteiger charge is -2.17. The monoisotopic (exact) mass is 185 g/mol. The maximum atomic E-state index is 11.1. The quantitative estimate of drug-likeness (QED) is 0.671. The van der Waals surface area contributed by atoms with Gasteiger partial charge >= 0.3 is 5.97 Å². The topological polar surface area (TPSA) is 38.3 Å². The molecule has 3 nitrogen and oxygen atoms in total. The highest BCUT2D eigenvalue weighted by Gasteiger charge is 2.22. The van der Waals surface area contributed by atoms with E-state index in [2.05, 4.69) is 26.1 Å². The van der Waals surface area contributed by atoms with Crippen molar-refractivity contribution in [3.05, 3.63) is 0 Å². The highest BCUT2D eigenvalue weighted by molar-refractivity contribution is 5.71. The Labute approximate surface area is 79.8 Å². The first-order valence-electron chi connectivity index (χ1n) is 4.86. The molecule has 0 atom stereocenters. The van der Waals surface area contributed by atoms with Crippen LogP contribution < -0.4 is 5.32 Å². The predicted octanol–water partition coefficient (Wildman–Crippen LogP) is 1.33. The maximum absolute atomic E-state index is 11.1. The van der Waals surface area contributed by atoms with Crippen LogP contribution in [0.1, 0.15) is 33.6 Å². The molecule has 3 heteroatoms. The van der Waals surface area contributed by atoms with Crippen molar-refractivity contribution in [3.63, 3.8) is 0 Å². The summed E-state index contributed by atoms with van der Waals surface area (Å²) >= 11 is 0. The van der Waals surface area contributed by atoms with Gasteiger partial charge in [0, 0.05) is 6.04 Å². The van der Waals surface area contributed by atoms with E-state index in [1.54, 1.807) is 0 Å². The van der Waals surface area contributed by atoms with Crippen molar-refractivity contribution in [2.75, 3.05) is 13.2 Å². The van der Waals surface area contributed by atoms with E-state index in [4.69, 9.17) is 4.74 Å². The molecule has 13 heavy (non-hydrogen) atoms. The fraction of sp³-hybridized carbons (Fsp3) is 0.900. The lowest BCUT2D eigenvalue weighted by Crippen LogP contribution is -2.28. The summed E-state index contributed by atoms with van der Waals surface area (Å²) in [6, 6.07) is 0.571. The summed E-state index contributed by atoms with van der Waals surface area (Å²) in [5, 5.41) is 3.12. The molecule has 1 aliphatic rings. The summed E-state index contributed by atoms with van der Waals surface area (Å²) in [5.74, 6) is -0.137. The Hall–Kier alpha value is -0.570. The smallest absolute Gasteiger partial charge is 0.319 e. The average Bonchev–Trinajstić information content (AvgIpc) is 2.78. The molecule has 1 rings (SSSR count). The number of esters is 1. The Morgan fingerprint density at radius 3 is 2.54 bits per heavy atom. The zero-order valence-corrected chi connectivity index (χ0v) is 8.72. The van der Waals surface area contributed by atoms with E-state index in [1.165, 1.54) is 12.8 Å². The molecule has 0 aromatic carbocycles. The normalized spacial score (nSPS) is 17.2. The first kappa shape index (κ1) is 10.5. The van der Waals surface area contributed by atoms with E-state index in [1.807, 2.05) is 0 Å². The lowest BCUT2D eigenvalue weighted by molar-refractivity contribution is -0.145. The fourth-order valence-corrected chi connectivity index (χ4v) is 0.863. The summed E-state index contributed by atoms with van der Waals surface area (Å²) in [5.41, 5.74) is 0.0647. The van der Waals surface area contributed by atoms with Gasteiger partial charge in [-0.05, 0) is 18.3 Å². The van der Waals surface area contributed by atoms with Gasteiger partial charge in [0.1, 0.15) is 0 Å². The molecule has 0 heterocycles. The van der Waals surface area contributed by atoms with Crippen molar-refractivity contribution >= 4 is 5.97 Å². The molecule has 0 spiro atoms.